The molecule has 0 aliphatic carbocycles. The lowest BCUT2D eigenvalue weighted by molar-refractivity contribution is 0.0698. The maximum Gasteiger partial charge on any atom is 0.337 e. The number of H-pyrrole nitrogens is 1. The first kappa shape index (κ1) is 15.0. The van der Waals surface area contributed by atoms with Crippen molar-refractivity contribution in [1.29, 1.82) is 0 Å². The Bertz CT molecular complexity index is 786. The van der Waals surface area contributed by atoms with Crippen molar-refractivity contribution in [3.8, 4) is 0 Å². The molecule has 0 aliphatic rings. The number of rotatable bonds is 5. The molecule has 1 aromatic carbocycles. The van der Waals surface area contributed by atoms with Crippen LogP contribution in [0, 0.1) is 5.92 Å². The van der Waals surface area contributed by atoms with E-state index in [1.165, 1.54) is 10.6 Å². The van der Waals surface area contributed by atoms with E-state index in [1.807, 2.05) is 0 Å². The van der Waals surface area contributed by atoms with E-state index in [0.717, 1.165) is 6.42 Å². The van der Waals surface area contributed by atoms with E-state index in [1.54, 1.807) is 12.1 Å². The molecular weight excluding hydrogens is 272 g/mol. The SMILES string of the molecule is CC(C)CCCn1c(=O)c(=O)[nH]c2cccc(C(=O)O)c21. The maximum absolute atomic E-state index is 12.1. The molecule has 0 radical (unpaired) electrons. The fraction of sp³-hybridized carbons (Fsp3) is 0.400. The molecule has 1 heterocycles. The van der Waals surface area contributed by atoms with Gasteiger partial charge in [0.2, 0.25) is 0 Å². The van der Waals surface area contributed by atoms with Crippen LogP contribution in [-0.4, -0.2) is 20.6 Å². The summed E-state index contributed by atoms with van der Waals surface area (Å²) < 4.78 is 1.28. The number of hydrogen-bond donors (Lipinski definition) is 2. The number of aryl methyl sites for hydroxylation is 1. The summed E-state index contributed by atoms with van der Waals surface area (Å²) in [6, 6.07) is 4.58. The number of aromatic nitrogens is 2. The van der Waals surface area contributed by atoms with Gasteiger partial charge < -0.3 is 14.7 Å². The summed E-state index contributed by atoms with van der Waals surface area (Å²) in [5.74, 6) is -0.641. The topological polar surface area (TPSA) is 92.2 Å². The van der Waals surface area contributed by atoms with E-state index in [9.17, 15) is 19.5 Å². The summed E-state index contributed by atoms with van der Waals surface area (Å²) in [4.78, 5) is 37.5. The Labute approximate surface area is 121 Å². The van der Waals surface area contributed by atoms with Crippen LogP contribution < -0.4 is 11.1 Å². The Morgan fingerprint density at radius 1 is 1.33 bits per heavy atom. The van der Waals surface area contributed by atoms with Crippen LogP contribution in [-0.2, 0) is 6.54 Å². The van der Waals surface area contributed by atoms with Gasteiger partial charge in [-0.3, -0.25) is 9.59 Å². The molecule has 0 fully saturated rings. The van der Waals surface area contributed by atoms with Gasteiger partial charge >= 0.3 is 17.1 Å². The van der Waals surface area contributed by atoms with Crippen molar-refractivity contribution in [2.45, 2.75) is 33.2 Å². The van der Waals surface area contributed by atoms with Crippen molar-refractivity contribution in [3.05, 3.63) is 44.5 Å². The van der Waals surface area contributed by atoms with Crippen molar-refractivity contribution >= 4 is 17.0 Å². The van der Waals surface area contributed by atoms with Crippen LogP contribution in [0.5, 0.6) is 0 Å². The zero-order chi connectivity index (χ0) is 15.6. The molecule has 0 atom stereocenters. The van der Waals surface area contributed by atoms with Crippen LogP contribution in [0.1, 0.15) is 37.0 Å². The van der Waals surface area contributed by atoms with Gasteiger partial charge in [-0.25, -0.2) is 4.79 Å². The van der Waals surface area contributed by atoms with E-state index < -0.39 is 17.1 Å². The number of fused-ring (bicyclic) bond motifs is 1. The third kappa shape index (κ3) is 3.04. The highest BCUT2D eigenvalue weighted by molar-refractivity contribution is 6.00. The Balaban J connectivity index is 2.65. The Hall–Kier alpha value is -2.37. The molecule has 0 unspecified atom stereocenters. The quantitative estimate of drug-likeness (QED) is 0.822. The molecule has 0 amide bonds. The molecular formula is C15H18N2O4. The minimum absolute atomic E-state index is 0.0189. The first-order chi connectivity index (χ1) is 9.91. The minimum Gasteiger partial charge on any atom is -0.478 e. The van der Waals surface area contributed by atoms with Crippen molar-refractivity contribution in [3.63, 3.8) is 0 Å². The molecule has 0 bridgehead atoms. The fourth-order valence-electron chi connectivity index (χ4n) is 2.38. The van der Waals surface area contributed by atoms with Crippen molar-refractivity contribution in [2.75, 3.05) is 0 Å². The number of benzene rings is 1. The molecule has 0 aliphatic heterocycles. The van der Waals surface area contributed by atoms with Crippen LogP contribution in [0.2, 0.25) is 0 Å². The van der Waals surface area contributed by atoms with Gasteiger partial charge in [0, 0.05) is 6.54 Å². The molecule has 0 saturated heterocycles. The summed E-state index contributed by atoms with van der Waals surface area (Å²) in [5.41, 5.74) is -0.776. The Morgan fingerprint density at radius 3 is 2.67 bits per heavy atom. The van der Waals surface area contributed by atoms with Crippen LogP contribution in [0.25, 0.3) is 11.0 Å². The van der Waals surface area contributed by atoms with E-state index >= 15 is 0 Å². The van der Waals surface area contributed by atoms with Crippen molar-refractivity contribution in [2.24, 2.45) is 5.92 Å². The molecule has 0 spiro atoms. The largest absolute Gasteiger partial charge is 0.478 e. The smallest absolute Gasteiger partial charge is 0.337 e. The van der Waals surface area contributed by atoms with Crippen LogP contribution >= 0.6 is 0 Å². The van der Waals surface area contributed by atoms with Gasteiger partial charge in [-0.1, -0.05) is 19.9 Å². The maximum atomic E-state index is 12.1. The Kier molecular flexibility index (Phi) is 4.26. The van der Waals surface area contributed by atoms with E-state index in [0.29, 0.717) is 24.4 Å². The lowest BCUT2D eigenvalue weighted by Crippen LogP contribution is -2.37. The zero-order valence-electron chi connectivity index (χ0n) is 12.0. The molecule has 112 valence electrons. The molecule has 6 nitrogen and oxygen atoms in total. The lowest BCUT2D eigenvalue weighted by Gasteiger charge is -2.12. The fourth-order valence-corrected chi connectivity index (χ4v) is 2.38. The summed E-state index contributed by atoms with van der Waals surface area (Å²) in [6.45, 7) is 4.48. The molecule has 1 aromatic heterocycles. The first-order valence-electron chi connectivity index (χ1n) is 6.91. The minimum atomic E-state index is -1.12. The zero-order valence-corrected chi connectivity index (χ0v) is 12.0. The lowest BCUT2D eigenvalue weighted by atomic mass is 10.1. The number of aromatic carboxylic acids is 1. The first-order valence-corrected chi connectivity index (χ1v) is 6.91. The number of nitrogens with zero attached hydrogens (tertiary/aromatic N) is 1. The van der Waals surface area contributed by atoms with Crippen molar-refractivity contribution in [1.82, 2.24) is 9.55 Å². The number of para-hydroxylation sites is 1. The van der Waals surface area contributed by atoms with Crippen molar-refractivity contribution < 1.29 is 9.90 Å². The summed E-state index contributed by atoms with van der Waals surface area (Å²) in [6.07, 6.45) is 1.61. The predicted octanol–water partition coefficient (Wildman–Crippen LogP) is 1.82. The number of aromatic amines is 1. The Morgan fingerprint density at radius 2 is 2.05 bits per heavy atom. The molecule has 2 aromatic rings. The summed E-state index contributed by atoms with van der Waals surface area (Å²) in [5, 5.41) is 9.27. The van der Waals surface area contributed by atoms with Crippen LogP contribution in [0.3, 0.4) is 0 Å². The third-order valence-electron chi connectivity index (χ3n) is 3.39. The third-order valence-corrected chi connectivity index (χ3v) is 3.39. The standard InChI is InChI=1S/C15H18N2O4/c1-9(2)5-4-8-17-12-10(15(20)21)6-3-7-11(12)16-13(18)14(17)19/h3,6-7,9H,4-5,8H2,1-2H3,(H,16,18)(H,20,21). The van der Waals surface area contributed by atoms with E-state index in [-0.39, 0.29) is 11.1 Å². The number of nitrogens with one attached hydrogen (secondary N) is 1. The second-order valence-corrected chi connectivity index (χ2v) is 5.45. The van der Waals surface area contributed by atoms with E-state index in [2.05, 4.69) is 18.8 Å². The molecule has 2 rings (SSSR count). The normalized spacial score (nSPS) is 11.2. The second-order valence-electron chi connectivity index (χ2n) is 5.45. The second kappa shape index (κ2) is 5.95. The van der Waals surface area contributed by atoms with Gasteiger partial charge in [0.1, 0.15) is 0 Å². The van der Waals surface area contributed by atoms with Gasteiger partial charge in [-0.05, 0) is 30.9 Å². The van der Waals surface area contributed by atoms with Gasteiger partial charge in [-0.2, -0.15) is 0 Å². The monoisotopic (exact) mass is 290 g/mol. The predicted molar refractivity (Wildman–Crippen MR) is 79.9 cm³/mol. The van der Waals surface area contributed by atoms with Gasteiger partial charge in [0.25, 0.3) is 0 Å². The molecule has 0 saturated carbocycles. The number of hydrogen-bond acceptors (Lipinski definition) is 3. The molecule has 6 heteroatoms. The highest BCUT2D eigenvalue weighted by atomic mass is 16.4. The highest BCUT2D eigenvalue weighted by Gasteiger charge is 2.15. The molecule has 21 heavy (non-hydrogen) atoms. The van der Waals surface area contributed by atoms with Gasteiger partial charge in [0.05, 0.1) is 16.6 Å². The molecule has 2 N–H and O–H groups in total. The van der Waals surface area contributed by atoms with Crippen LogP contribution in [0.4, 0.5) is 0 Å². The summed E-state index contributed by atoms with van der Waals surface area (Å²) >= 11 is 0. The van der Waals surface area contributed by atoms with Crippen LogP contribution in [0.15, 0.2) is 27.8 Å². The average molecular weight is 290 g/mol. The summed E-state index contributed by atoms with van der Waals surface area (Å²) in [7, 11) is 0. The number of carboxylic acid groups (broad SMARTS) is 1. The van der Waals surface area contributed by atoms with Gasteiger partial charge in [0.15, 0.2) is 0 Å². The highest BCUT2D eigenvalue weighted by Crippen LogP contribution is 2.16. The average Bonchev–Trinajstić information content (AvgIpc) is 2.41. The number of carbonyl (C=O) groups is 1. The van der Waals surface area contributed by atoms with E-state index in [4.69, 9.17) is 0 Å². The van der Waals surface area contributed by atoms with Gasteiger partial charge in [-0.15, -0.1) is 0 Å². The number of carboxylic acids is 1.